The first kappa shape index (κ1) is 14.4. The van der Waals surface area contributed by atoms with Crippen molar-refractivity contribution in [2.75, 3.05) is 26.2 Å². The number of benzene rings is 1. The normalized spacial score (nSPS) is 19.6. The molecule has 1 aliphatic heterocycles. The first-order chi connectivity index (χ1) is 9.12. The van der Waals surface area contributed by atoms with Crippen molar-refractivity contribution in [3.8, 4) is 5.75 Å². The summed E-state index contributed by atoms with van der Waals surface area (Å²) in [6.07, 6.45) is 1.24. The van der Waals surface area contributed by atoms with E-state index in [1.165, 1.54) is 12.0 Å². The lowest BCUT2D eigenvalue weighted by atomic mass is 9.84. The standard InChI is InChI=1S/C16H26N2O/c1-4-19-15-7-5-13(6-8-15)16(2,3)12-18-14-9-10-17-11-14/h5-8,14,17-18H,4,9-12H2,1-3H3. The predicted octanol–water partition coefficient (Wildman–Crippen LogP) is 2.31. The molecular weight excluding hydrogens is 236 g/mol. The first-order valence-electron chi connectivity index (χ1n) is 7.29. The molecule has 0 aromatic heterocycles. The topological polar surface area (TPSA) is 33.3 Å². The molecule has 1 aromatic rings. The van der Waals surface area contributed by atoms with Crippen molar-refractivity contribution in [2.24, 2.45) is 0 Å². The zero-order valence-corrected chi connectivity index (χ0v) is 12.3. The third-order valence-corrected chi connectivity index (χ3v) is 3.84. The third kappa shape index (κ3) is 3.95. The van der Waals surface area contributed by atoms with E-state index in [1.54, 1.807) is 0 Å². The van der Waals surface area contributed by atoms with E-state index in [1.807, 2.05) is 6.92 Å². The third-order valence-electron chi connectivity index (χ3n) is 3.84. The van der Waals surface area contributed by atoms with Crippen LogP contribution in [-0.2, 0) is 5.41 Å². The van der Waals surface area contributed by atoms with Crippen LogP contribution in [0.5, 0.6) is 5.75 Å². The van der Waals surface area contributed by atoms with Crippen molar-refractivity contribution in [3.05, 3.63) is 29.8 Å². The van der Waals surface area contributed by atoms with E-state index < -0.39 is 0 Å². The molecule has 2 rings (SSSR count). The van der Waals surface area contributed by atoms with Crippen LogP contribution in [0, 0.1) is 0 Å². The van der Waals surface area contributed by atoms with Crippen LogP contribution in [0.3, 0.4) is 0 Å². The molecule has 0 aliphatic carbocycles. The van der Waals surface area contributed by atoms with Gasteiger partial charge in [-0.15, -0.1) is 0 Å². The second-order valence-electron chi connectivity index (χ2n) is 5.91. The molecule has 1 saturated heterocycles. The average Bonchev–Trinajstić information content (AvgIpc) is 2.91. The fraction of sp³-hybridized carbons (Fsp3) is 0.625. The number of rotatable bonds is 6. The van der Waals surface area contributed by atoms with Gasteiger partial charge in [-0.25, -0.2) is 0 Å². The summed E-state index contributed by atoms with van der Waals surface area (Å²) in [6.45, 7) is 10.6. The van der Waals surface area contributed by atoms with Crippen molar-refractivity contribution >= 4 is 0 Å². The molecule has 1 aliphatic rings. The number of nitrogens with one attached hydrogen (secondary N) is 2. The highest BCUT2D eigenvalue weighted by molar-refractivity contribution is 5.31. The summed E-state index contributed by atoms with van der Waals surface area (Å²) < 4.78 is 5.49. The summed E-state index contributed by atoms with van der Waals surface area (Å²) in [5, 5.41) is 7.06. The Bertz CT molecular complexity index is 380. The molecule has 19 heavy (non-hydrogen) atoms. The van der Waals surface area contributed by atoms with Crippen LogP contribution < -0.4 is 15.4 Å². The van der Waals surface area contributed by atoms with Crippen LogP contribution in [0.25, 0.3) is 0 Å². The number of hydrogen-bond donors (Lipinski definition) is 2. The Hall–Kier alpha value is -1.06. The van der Waals surface area contributed by atoms with Crippen molar-refractivity contribution < 1.29 is 4.74 Å². The highest BCUT2D eigenvalue weighted by atomic mass is 16.5. The molecule has 0 bridgehead atoms. The largest absolute Gasteiger partial charge is 0.494 e. The van der Waals surface area contributed by atoms with Crippen LogP contribution in [0.4, 0.5) is 0 Å². The molecule has 3 nitrogen and oxygen atoms in total. The highest BCUT2D eigenvalue weighted by Gasteiger charge is 2.23. The van der Waals surface area contributed by atoms with Gasteiger partial charge in [0.05, 0.1) is 6.61 Å². The molecule has 0 radical (unpaired) electrons. The fourth-order valence-corrected chi connectivity index (χ4v) is 2.50. The molecule has 1 aromatic carbocycles. The van der Waals surface area contributed by atoms with E-state index in [-0.39, 0.29) is 5.41 Å². The van der Waals surface area contributed by atoms with Crippen molar-refractivity contribution in [1.29, 1.82) is 0 Å². The predicted molar refractivity (Wildman–Crippen MR) is 79.9 cm³/mol. The SMILES string of the molecule is CCOc1ccc(C(C)(C)CNC2CCNC2)cc1. The molecule has 0 spiro atoms. The summed E-state index contributed by atoms with van der Waals surface area (Å²) in [6, 6.07) is 9.12. The summed E-state index contributed by atoms with van der Waals surface area (Å²) in [5.74, 6) is 0.954. The highest BCUT2D eigenvalue weighted by Crippen LogP contribution is 2.25. The van der Waals surface area contributed by atoms with Gasteiger partial charge in [-0.05, 0) is 37.6 Å². The van der Waals surface area contributed by atoms with Gasteiger partial charge in [-0.2, -0.15) is 0 Å². The van der Waals surface area contributed by atoms with E-state index in [4.69, 9.17) is 4.74 Å². The molecule has 106 valence electrons. The minimum atomic E-state index is 0.146. The number of ether oxygens (including phenoxy) is 1. The second kappa shape index (κ2) is 6.40. The van der Waals surface area contributed by atoms with Crippen LogP contribution in [0.15, 0.2) is 24.3 Å². The Balaban J connectivity index is 1.93. The smallest absolute Gasteiger partial charge is 0.119 e. The van der Waals surface area contributed by atoms with Gasteiger partial charge >= 0.3 is 0 Å². The van der Waals surface area contributed by atoms with Gasteiger partial charge in [-0.3, -0.25) is 0 Å². The van der Waals surface area contributed by atoms with Crippen molar-refractivity contribution in [1.82, 2.24) is 10.6 Å². The van der Waals surface area contributed by atoms with E-state index in [0.29, 0.717) is 6.04 Å². The quantitative estimate of drug-likeness (QED) is 0.825. The van der Waals surface area contributed by atoms with Gasteiger partial charge in [0, 0.05) is 24.5 Å². The van der Waals surface area contributed by atoms with E-state index >= 15 is 0 Å². The maximum absolute atomic E-state index is 5.49. The Morgan fingerprint density at radius 1 is 1.32 bits per heavy atom. The monoisotopic (exact) mass is 262 g/mol. The Kier molecular flexibility index (Phi) is 4.83. The maximum Gasteiger partial charge on any atom is 0.119 e. The van der Waals surface area contributed by atoms with Crippen LogP contribution >= 0.6 is 0 Å². The van der Waals surface area contributed by atoms with Gasteiger partial charge in [0.2, 0.25) is 0 Å². The minimum Gasteiger partial charge on any atom is -0.494 e. The molecule has 0 saturated carbocycles. The molecule has 1 fully saturated rings. The van der Waals surface area contributed by atoms with Crippen LogP contribution in [0.1, 0.15) is 32.8 Å². The summed E-state index contributed by atoms with van der Waals surface area (Å²) in [5.41, 5.74) is 1.50. The van der Waals surface area contributed by atoms with Crippen LogP contribution in [-0.4, -0.2) is 32.3 Å². The Labute approximate surface area is 116 Å². The maximum atomic E-state index is 5.49. The lowest BCUT2D eigenvalue weighted by molar-refractivity contribution is 0.339. The molecule has 2 N–H and O–H groups in total. The zero-order chi connectivity index (χ0) is 13.7. The Morgan fingerprint density at radius 3 is 2.63 bits per heavy atom. The molecule has 1 heterocycles. The fourth-order valence-electron chi connectivity index (χ4n) is 2.50. The summed E-state index contributed by atoms with van der Waals surface area (Å²) >= 11 is 0. The zero-order valence-electron chi connectivity index (χ0n) is 12.3. The number of hydrogen-bond acceptors (Lipinski definition) is 3. The molecule has 1 unspecified atom stereocenters. The van der Waals surface area contributed by atoms with E-state index in [9.17, 15) is 0 Å². The first-order valence-corrected chi connectivity index (χ1v) is 7.29. The van der Waals surface area contributed by atoms with Crippen LogP contribution in [0.2, 0.25) is 0 Å². The molecular formula is C16H26N2O. The van der Waals surface area contributed by atoms with Gasteiger partial charge in [-0.1, -0.05) is 26.0 Å². The Morgan fingerprint density at radius 2 is 2.05 bits per heavy atom. The molecule has 0 amide bonds. The van der Waals surface area contributed by atoms with Gasteiger partial charge < -0.3 is 15.4 Å². The van der Waals surface area contributed by atoms with E-state index in [0.717, 1.165) is 32.0 Å². The molecule has 1 atom stereocenters. The lowest BCUT2D eigenvalue weighted by Crippen LogP contribution is -2.40. The van der Waals surface area contributed by atoms with E-state index in [2.05, 4.69) is 48.7 Å². The average molecular weight is 262 g/mol. The second-order valence-corrected chi connectivity index (χ2v) is 5.91. The van der Waals surface area contributed by atoms with Gasteiger partial charge in [0.25, 0.3) is 0 Å². The summed E-state index contributed by atoms with van der Waals surface area (Å²) in [7, 11) is 0. The van der Waals surface area contributed by atoms with Crippen molar-refractivity contribution in [3.63, 3.8) is 0 Å². The van der Waals surface area contributed by atoms with Gasteiger partial charge in [0.1, 0.15) is 5.75 Å². The minimum absolute atomic E-state index is 0.146. The van der Waals surface area contributed by atoms with Gasteiger partial charge in [0.15, 0.2) is 0 Å². The summed E-state index contributed by atoms with van der Waals surface area (Å²) in [4.78, 5) is 0. The molecule has 3 heteroatoms. The lowest BCUT2D eigenvalue weighted by Gasteiger charge is -2.27. The van der Waals surface area contributed by atoms with Crippen molar-refractivity contribution in [2.45, 2.75) is 38.6 Å².